The molecule has 132 valence electrons. The van der Waals surface area contributed by atoms with Crippen LogP contribution in [0.15, 0.2) is 42.5 Å². The van der Waals surface area contributed by atoms with E-state index in [4.69, 9.17) is 23.2 Å². The molecule has 0 saturated carbocycles. The van der Waals surface area contributed by atoms with E-state index < -0.39 is 5.97 Å². The number of carbonyl (C=O) groups is 2. The summed E-state index contributed by atoms with van der Waals surface area (Å²) in [6.45, 7) is 3.28. The Bertz CT molecular complexity index is 1020. The lowest BCUT2D eigenvalue weighted by atomic mass is 9.96. The van der Waals surface area contributed by atoms with Gasteiger partial charge in [-0.25, -0.2) is 4.79 Å². The van der Waals surface area contributed by atoms with Crippen LogP contribution in [0.1, 0.15) is 33.3 Å². The van der Waals surface area contributed by atoms with Gasteiger partial charge in [-0.3, -0.25) is 4.79 Å². The van der Waals surface area contributed by atoms with E-state index in [1.54, 1.807) is 49.4 Å². The lowest BCUT2D eigenvalue weighted by Crippen LogP contribution is -1.99. The van der Waals surface area contributed by atoms with E-state index in [2.05, 4.69) is 4.98 Å². The van der Waals surface area contributed by atoms with Crippen LogP contribution in [0, 0.1) is 6.92 Å². The highest BCUT2D eigenvalue weighted by molar-refractivity contribution is 6.35. The zero-order valence-electron chi connectivity index (χ0n) is 14.1. The topological polar surface area (TPSA) is 70.2 Å². The molecule has 26 heavy (non-hydrogen) atoms. The number of aromatic amines is 1. The van der Waals surface area contributed by atoms with Gasteiger partial charge < -0.3 is 10.1 Å². The molecule has 0 spiro atoms. The normalized spacial score (nSPS) is 10.8. The van der Waals surface area contributed by atoms with Gasteiger partial charge in [-0.2, -0.15) is 0 Å². The molecule has 0 aliphatic rings. The second-order valence-corrected chi connectivity index (χ2v) is 6.81. The van der Waals surface area contributed by atoms with Gasteiger partial charge in [-0.15, -0.1) is 0 Å². The summed E-state index contributed by atoms with van der Waals surface area (Å²) in [7, 11) is 0. The number of ketones is 1. The van der Waals surface area contributed by atoms with Gasteiger partial charge in [0.15, 0.2) is 5.78 Å². The fourth-order valence-electron chi connectivity index (χ4n) is 3.09. The third-order valence-corrected chi connectivity index (χ3v) is 4.63. The molecular formula is C20H15Cl2NO3. The molecule has 0 saturated heterocycles. The first-order valence-electron chi connectivity index (χ1n) is 7.82. The highest BCUT2D eigenvalue weighted by atomic mass is 35.5. The smallest absolute Gasteiger partial charge is 0.352 e. The van der Waals surface area contributed by atoms with E-state index in [0.29, 0.717) is 43.6 Å². The molecule has 1 heterocycles. The number of aromatic carboxylic acids is 1. The molecule has 3 rings (SSSR count). The van der Waals surface area contributed by atoms with Crippen molar-refractivity contribution < 1.29 is 14.7 Å². The minimum Gasteiger partial charge on any atom is -0.477 e. The molecule has 0 bridgehead atoms. The Labute approximate surface area is 160 Å². The zero-order chi connectivity index (χ0) is 19.0. The highest BCUT2D eigenvalue weighted by Crippen LogP contribution is 2.38. The Morgan fingerprint density at radius 3 is 2.23 bits per heavy atom. The number of carboxylic acid groups (broad SMARTS) is 1. The molecule has 3 aromatic rings. The monoisotopic (exact) mass is 387 g/mol. The summed E-state index contributed by atoms with van der Waals surface area (Å²) < 4.78 is 0. The summed E-state index contributed by atoms with van der Waals surface area (Å²) >= 11 is 12.2. The number of rotatable bonds is 4. The maximum atomic E-state index is 12.0. The number of hydrogen-bond donors (Lipinski definition) is 2. The van der Waals surface area contributed by atoms with Crippen molar-refractivity contribution in [2.24, 2.45) is 0 Å². The van der Waals surface area contributed by atoms with Crippen LogP contribution in [0.25, 0.3) is 22.4 Å². The number of aromatic nitrogens is 1. The lowest BCUT2D eigenvalue weighted by Gasteiger charge is -2.08. The van der Waals surface area contributed by atoms with E-state index in [1.807, 2.05) is 0 Å². The average molecular weight is 388 g/mol. The quantitative estimate of drug-likeness (QED) is 0.550. The largest absolute Gasteiger partial charge is 0.477 e. The van der Waals surface area contributed by atoms with Crippen molar-refractivity contribution in [2.75, 3.05) is 0 Å². The predicted molar refractivity (Wildman–Crippen MR) is 103 cm³/mol. The molecular weight excluding hydrogens is 373 g/mol. The van der Waals surface area contributed by atoms with Crippen LogP contribution >= 0.6 is 23.2 Å². The van der Waals surface area contributed by atoms with Gasteiger partial charge >= 0.3 is 5.97 Å². The van der Waals surface area contributed by atoms with Crippen LogP contribution in [0.5, 0.6) is 0 Å². The minimum absolute atomic E-state index is 0.0224. The van der Waals surface area contributed by atoms with Gasteiger partial charge in [0.2, 0.25) is 0 Å². The Balaban J connectivity index is 2.32. The van der Waals surface area contributed by atoms with Crippen LogP contribution in [-0.2, 0) is 0 Å². The minimum atomic E-state index is -1.11. The molecule has 2 aromatic carbocycles. The summed E-state index contributed by atoms with van der Waals surface area (Å²) in [5.74, 6) is -1.20. The van der Waals surface area contributed by atoms with Gasteiger partial charge in [0, 0.05) is 26.7 Å². The number of halogens is 2. The van der Waals surface area contributed by atoms with E-state index in [0.717, 1.165) is 0 Å². The van der Waals surface area contributed by atoms with Gasteiger partial charge in [0.1, 0.15) is 5.69 Å². The molecule has 4 nitrogen and oxygen atoms in total. The molecule has 0 atom stereocenters. The number of H-pyrrole nitrogens is 1. The van der Waals surface area contributed by atoms with Crippen molar-refractivity contribution >= 4 is 35.0 Å². The maximum Gasteiger partial charge on any atom is 0.352 e. The molecule has 0 fully saturated rings. The molecule has 0 radical (unpaired) electrons. The SMILES string of the molecule is CC(=O)c1ccccc1-c1[nH]c(C(=O)O)c(-c2cc(Cl)cc(Cl)c2)c1C. The van der Waals surface area contributed by atoms with Crippen molar-refractivity contribution in [1.82, 2.24) is 4.98 Å². The van der Waals surface area contributed by atoms with Crippen LogP contribution in [0.3, 0.4) is 0 Å². The first-order valence-corrected chi connectivity index (χ1v) is 8.58. The second kappa shape index (κ2) is 6.98. The predicted octanol–water partition coefficient (Wildman–Crippen LogP) is 5.86. The number of benzene rings is 2. The number of carboxylic acids is 1. The lowest BCUT2D eigenvalue weighted by molar-refractivity contribution is 0.0692. The summed E-state index contributed by atoms with van der Waals surface area (Å²) in [5, 5.41) is 10.5. The molecule has 0 aliphatic carbocycles. The first-order chi connectivity index (χ1) is 12.3. The Morgan fingerprint density at radius 1 is 1.04 bits per heavy atom. The molecule has 0 aliphatic heterocycles. The third kappa shape index (κ3) is 3.26. The van der Waals surface area contributed by atoms with Crippen molar-refractivity contribution in [3.8, 4) is 22.4 Å². The Morgan fingerprint density at radius 2 is 1.65 bits per heavy atom. The molecule has 6 heteroatoms. The zero-order valence-corrected chi connectivity index (χ0v) is 15.6. The molecule has 0 amide bonds. The van der Waals surface area contributed by atoms with Crippen molar-refractivity contribution in [1.29, 1.82) is 0 Å². The number of hydrogen-bond acceptors (Lipinski definition) is 2. The van der Waals surface area contributed by atoms with Gasteiger partial charge in [0.05, 0.1) is 5.69 Å². The molecule has 0 unspecified atom stereocenters. The van der Waals surface area contributed by atoms with Gasteiger partial charge in [0.25, 0.3) is 0 Å². The van der Waals surface area contributed by atoms with E-state index in [-0.39, 0.29) is 11.5 Å². The maximum absolute atomic E-state index is 12.0. The summed E-state index contributed by atoms with van der Waals surface area (Å²) in [6.07, 6.45) is 0. The molecule has 2 N–H and O–H groups in total. The van der Waals surface area contributed by atoms with Crippen LogP contribution in [0.4, 0.5) is 0 Å². The number of Topliss-reactive ketones (excluding diaryl/α,β-unsaturated/α-hetero) is 1. The van der Waals surface area contributed by atoms with Crippen LogP contribution in [0.2, 0.25) is 10.0 Å². The first kappa shape index (κ1) is 18.2. The van der Waals surface area contributed by atoms with Crippen LogP contribution in [-0.4, -0.2) is 21.8 Å². The number of carbonyl (C=O) groups excluding carboxylic acids is 1. The Kier molecular flexibility index (Phi) is 4.90. The summed E-state index contributed by atoms with van der Waals surface area (Å²) in [5.41, 5.74) is 3.57. The van der Waals surface area contributed by atoms with E-state index >= 15 is 0 Å². The Hall–Kier alpha value is -2.56. The van der Waals surface area contributed by atoms with E-state index in [9.17, 15) is 14.7 Å². The number of nitrogens with one attached hydrogen (secondary N) is 1. The second-order valence-electron chi connectivity index (χ2n) is 5.94. The molecule has 1 aromatic heterocycles. The van der Waals surface area contributed by atoms with Crippen molar-refractivity contribution in [3.05, 3.63) is 69.3 Å². The van der Waals surface area contributed by atoms with E-state index in [1.165, 1.54) is 6.92 Å². The standard InChI is InChI=1S/C20H15Cl2NO3/c1-10-17(12-7-13(21)9-14(22)8-12)19(20(25)26)23-18(10)16-6-4-3-5-15(16)11(2)24/h3-9,23H,1-2H3,(H,25,26). The van der Waals surface area contributed by atoms with Crippen molar-refractivity contribution in [3.63, 3.8) is 0 Å². The third-order valence-electron chi connectivity index (χ3n) is 4.19. The van der Waals surface area contributed by atoms with Gasteiger partial charge in [-0.1, -0.05) is 47.5 Å². The highest BCUT2D eigenvalue weighted by Gasteiger charge is 2.23. The average Bonchev–Trinajstić information content (AvgIpc) is 2.91. The van der Waals surface area contributed by atoms with Crippen LogP contribution < -0.4 is 0 Å². The van der Waals surface area contributed by atoms with Gasteiger partial charge in [-0.05, 0) is 43.2 Å². The fourth-order valence-corrected chi connectivity index (χ4v) is 3.62. The summed E-state index contributed by atoms with van der Waals surface area (Å²) in [6, 6.07) is 12.0. The summed E-state index contributed by atoms with van der Waals surface area (Å²) in [4.78, 5) is 26.7. The fraction of sp³-hybridized carbons (Fsp3) is 0.100. The van der Waals surface area contributed by atoms with Crippen molar-refractivity contribution in [2.45, 2.75) is 13.8 Å².